The Bertz CT molecular complexity index is 501. The van der Waals surface area contributed by atoms with Gasteiger partial charge in [-0.15, -0.1) is 0 Å². The Morgan fingerprint density at radius 1 is 1.33 bits per heavy atom. The number of carbonyl (C=O) groups is 2. The average Bonchev–Trinajstić information content (AvgIpc) is 2.78. The van der Waals surface area contributed by atoms with Crippen molar-refractivity contribution < 1.29 is 19.4 Å². The van der Waals surface area contributed by atoms with Crippen molar-refractivity contribution in [3.05, 3.63) is 24.3 Å². The zero-order valence-electron chi connectivity index (χ0n) is 12.0. The van der Waals surface area contributed by atoms with Gasteiger partial charge >= 0.3 is 0 Å². The van der Waals surface area contributed by atoms with Crippen molar-refractivity contribution in [2.45, 2.75) is 25.8 Å². The predicted octanol–water partition coefficient (Wildman–Crippen LogP) is 0.689. The Kier molecular flexibility index (Phi) is 5.30. The van der Waals surface area contributed by atoms with Crippen molar-refractivity contribution >= 4 is 17.5 Å². The first-order chi connectivity index (χ1) is 10.2. The van der Waals surface area contributed by atoms with Crippen molar-refractivity contribution in [2.75, 3.05) is 24.7 Å². The van der Waals surface area contributed by atoms with Crippen molar-refractivity contribution in [3.63, 3.8) is 0 Å². The number of hydrogen-bond acceptors (Lipinski definition) is 5. The molecule has 1 aliphatic heterocycles. The lowest BCUT2D eigenvalue weighted by Crippen LogP contribution is -2.39. The summed E-state index contributed by atoms with van der Waals surface area (Å²) in [7, 11) is 0. The van der Waals surface area contributed by atoms with Crippen molar-refractivity contribution in [2.24, 2.45) is 0 Å². The summed E-state index contributed by atoms with van der Waals surface area (Å²) in [6.45, 7) is 2.88. The molecule has 1 saturated heterocycles. The van der Waals surface area contributed by atoms with E-state index in [9.17, 15) is 9.59 Å². The van der Waals surface area contributed by atoms with Gasteiger partial charge in [0.1, 0.15) is 5.75 Å². The molecule has 0 spiro atoms. The number of aliphatic hydroxyl groups excluding tert-OH is 1. The van der Waals surface area contributed by atoms with Gasteiger partial charge in [-0.1, -0.05) is 6.92 Å². The van der Waals surface area contributed by atoms with Crippen LogP contribution in [-0.2, 0) is 9.59 Å². The highest BCUT2D eigenvalue weighted by molar-refractivity contribution is 6.22. The molecular weight excluding hydrogens is 272 g/mol. The van der Waals surface area contributed by atoms with Gasteiger partial charge < -0.3 is 15.2 Å². The normalized spacial score (nSPS) is 18.4. The van der Waals surface area contributed by atoms with Crippen LogP contribution in [0.4, 0.5) is 5.69 Å². The fourth-order valence-corrected chi connectivity index (χ4v) is 2.21. The van der Waals surface area contributed by atoms with E-state index in [4.69, 9.17) is 9.84 Å². The molecule has 6 heteroatoms. The summed E-state index contributed by atoms with van der Waals surface area (Å²) < 4.78 is 5.47. The molecule has 1 fully saturated rings. The molecule has 0 saturated carbocycles. The van der Waals surface area contributed by atoms with Crippen LogP contribution in [0.3, 0.4) is 0 Å². The van der Waals surface area contributed by atoms with Crippen LogP contribution in [0, 0.1) is 0 Å². The minimum absolute atomic E-state index is 0.0680. The van der Waals surface area contributed by atoms with Gasteiger partial charge in [-0.25, -0.2) is 4.90 Å². The lowest BCUT2D eigenvalue weighted by molar-refractivity contribution is -0.121. The number of benzene rings is 1. The third-order valence-corrected chi connectivity index (χ3v) is 3.22. The van der Waals surface area contributed by atoms with E-state index in [-0.39, 0.29) is 24.8 Å². The van der Waals surface area contributed by atoms with Crippen LogP contribution < -0.4 is 15.0 Å². The minimum Gasteiger partial charge on any atom is -0.494 e. The lowest BCUT2D eigenvalue weighted by Gasteiger charge is -2.16. The van der Waals surface area contributed by atoms with Gasteiger partial charge in [-0.3, -0.25) is 9.59 Å². The number of nitrogens with one attached hydrogen (secondary N) is 1. The molecule has 2 N–H and O–H groups in total. The number of carbonyl (C=O) groups excluding carboxylic acids is 2. The van der Waals surface area contributed by atoms with E-state index in [2.05, 4.69) is 5.32 Å². The Morgan fingerprint density at radius 2 is 2.05 bits per heavy atom. The summed E-state index contributed by atoms with van der Waals surface area (Å²) in [4.78, 5) is 25.4. The van der Waals surface area contributed by atoms with Crippen molar-refractivity contribution in [3.8, 4) is 5.75 Å². The van der Waals surface area contributed by atoms with Crippen LogP contribution in [0.1, 0.15) is 19.8 Å². The number of hydrogen-bond donors (Lipinski definition) is 2. The number of imide groups is 1. The fourth-order valence-electron chi connectivity index (χ4n) is 2.21. The van der Waals surface area contributed by atoms with E-state index in [1.54, 1.807) is 24.3 Å². The first-order valence-corrected chi connectivity index (χ1v) is 7.11. The summed E-state index contributed by atoms with van der Waals surface area (Å²) in [6.07, 6.45) is 1.04. The molecule has 1 aromatic rings. The Balaban J connectivity index is 2.06. The lowest BCUT2D eigenvalue weighted by atomic mass is 10.2. The van der Waals surface area contributed by atoms with Gasteiger partial charge in [-0.2, -0.15) is 0 Å². The number of ether oxygens (including phenoxy) is 1. The second kappa shape index (κ2) is 7.19. The standard InChI is InChI=1S/C15H20N2O4/c1-2-9-21-12-5-3-11(4-6-12)17-14(19)10-13(15(17)20)16-7-8-18/h3-6,13,16,18H,2,7-10H2,1H3. The van der Waals surface area contributed by atoms with E-state index < -0.39 is 6.04 Å². The van der Waals surface area contributed by atoms with Crippen LogP contribution >= 0.6 is 0 Å². The van der Waals surface area contributed by atoms with Crippen LogP contribution in [0.25, 0.3) is 0 Å². The van der Waals surface area contributed by atoms with Crippen LogP contribution in [0.5, 0.6) is 5.75 Å². The van der Waals surface area contributed by atoms with Crippen LogP contribution in [0.15, 0.2) is 24.3 Å². The molecule has 1 heterocycles. The molecule has 0 bridgehead atoms. The van der Waals surface area contributed by atoms with Gasteiger partial charge in [0.2, 0.25) is 5.91 Å². The van der Waals surface area contributed by atoms with Crippen LogP contribution in [-0.4, -0.2) is 42.7 Å². The summed E-state index contributed by atoms with van der Waals surface area (Å²) in [5, 5.41) is 11.6. The SMILES string of the molecule is CCCOc1ccc(N2C(=O)CC(NCCO)C2=O)cc1. The van der Waals surface area contributed by atoms with Gasteiger partial charge in [-0.05, 0) is 30.7 Å². The summed E-state index contributed by atoms with van der Waals surface area (Å²) in [5.41, 5.74) is 0.544. The molecule has 1 atom stereocenters. The van der Waals surface area contributed by atoms with Gasteiger partial charge in [0, 0.05) is 6.54 Å². The van der Waals surface area contributed by atoms with Crippen molar-refractivity contribution in [1.29, 1.82) is 0 Å². The van der Waals surface area contributed by atoms with Gasteiger partial charge in [0.05, 0.1) is 31.4 Å². The molecule has 0 radical (unpaired) electrons. The summed E-state index contributed by atoms with van der Waals surface area (Å²) in [6, 6.07) is 6.35. The van der Waals surface area contributed by atoms with Crippen LogP contribution in [0.2, 0.25) is 0 Å². The highest BCUT2D eigenvalue weighted by atomic mass is 16.5. The van der Waals surface area contributed by atoms with E-state index in [1.165, 1.54) is 4.90 Å². The molecule has 0 aliphatic carbocycles. The Morgan fingerprint density at radius 3 is 2.67 bits per heavy atom. The number of rotatable bonds is 7. The minimum atomic E-state index is -0.555. The number of aliphatic hydroxyl groups is 1. The molecule has 1 unspecified atom stereocenters. The quantitative estimate of drug-likeness (QED) is 0.723. The van der Waals surface area contributed by atoms with Gasteiger partial charge in [0.25, 0.3) is 5.91 Å². The first kappa shape index (κ1) is 15.5. The Labute approximate surface area is 123 Å². The summed E-state index contributed by atoms with van der Waals surface area (Å²) in [5.74, 6) is 0.197. The third kappa shape index (κ3) is 3.59. The molecule has 6 nitrogen and oxygen atoms in total. The topological polar surface area (TPSA) is 78.9 Å². The molecule has 114 valence electrons. The first-order valence-electron chi connectivity index (χ1n) is 7.11. The zero-order chi connectivity index (χ0) is 15.2. The maximum atomic E-state index is 12.2. The highest BCUT2D eigenvalue weighted by Gasteiger charge is 2.39. The number of amides is 2. The molecule has 0 aromatic heterocycles. The largest absolute Gasteiger partial charge is 0.494 e. The second-order valence-electron chi connectivity index (χ2n) is 4.84. The highest BCUT2D eigenvalue weighted by Crippen LogP contribution is 2.25. The third-order valence-electron chi connectivity index (χ3n) is 3.22. The maximum Gasteiger partial charge on any atom is 0.251 e. The fraction of sp³-hybridized carbons (Fsp3) is 0.467. The molecule has 21 heavy (non-hydrogen) atoms. The van der Waals surface area contributed by atoms with Gasteiger partial charge in [0.15, 0.2) is 0 Å². The van der Waals surface area contributed by atoms with E-state index in [0.717, 1.165) is 12.2 Å². The van der Waals surface area contributed by atoms with Crippen molar-refractivity contribution in [1.82, 2.24) is 5.32 Å². The monoisotopic (exact) mass is 292 g/mol. The number of anilines is 1. The summed E-state index contributed by atoms with van der Waals surface area (Å²) >= 11 is 0. The van der Waals surface area contributed by atoms with E-state index in [0.29, 0.717) is 18.8 Å². The molecular formula is C15H20N2O4. The number of nitrogens with zero attached hydrogens (tertiary/aromatic N) is 1. The van der Waals surface area contributed by atoms with E-state index in [1.807, 2.05) is 6.92 Å². The molecule has 2 amide bonds. The smallest absolute Gasteiger partial charge is 0.251 e. The molecule has 1 aromatic carbocycles. The zero-order valence-corrected chi connectivity index (χ0v) is 12.0. The second-order valence-corrected chi connectivity index (χ2v) is 4.84. The van der Waals surface area contributed by atoms with E-state index >= 15 is 0 Å². The molecule has 2 rings (SSSR count). The average molecular weight is 292 g/mol. The molecule has 1 aliphatic rings. The Hall–Kier alpha value is -1.92. The maximum absolute atomic E-state index is 12.2. The predicted molar refractivity (Wildman–Crippen MR) is 78.2 cm³/mol.